The van der Waals surface area contributed by atoms with Crippen molar-refractivity contribution < 1.29 is 9.90 Å². The van der Waals surface area contributed by atoms with Crippen LogP contribution in [0.15, 0.2) is 30.3 Å². The van der Waals surface area contributed by atoms with Crippen molar-refractivity contribution in [3.8, 4) is 0 Å². The van der Waals surface area contributed by atoms with Gasteiger partial charge in [0.2, 0.25) is 0 Å². The van der Waals surface area contributed by atoms with Crippen molar-refractivity contribution in [2.75, 3.05) is 6.54 Å². The Morgan fingerprint density at radius 2 is 1.83 bits per heavy atom. The molecule has 0 aliphatic rings. The van der Waals surface area contributed by atoms with E-state index >= 15 is 0 Å². The quantitative estimate of drug-likeness (QED) is 0.870. The standard InChI is InChI=1S/C15H23NO2/c1-5-13(12-9-7-6-8-10-12)16(11-14(17)18)15(2,3)4/h6-10,13H,5,11H2,1-4H3,(H,17,18). The highest BCUT2D eigenvalue weighted by Crippen LogP contribution is 2.30. The molecule has 1 unspecified atom stereocenters. The lowest BCUT2D eigenvalue weighted by Crippen LogP contribution is -2.46. The molecule has 0 saturated carbocycles. The molecule has 1 rings (SSSR count). The summed E-state index contributed by atoms with van der Waals surface area (Å²) in [5.41, 5.74) is 1.01. The third kappa shape index (κ3) is 3.84. The Balaban J connectivity index is 3.05. The Bertz CT molecular complexity index is 381. The first-order valence-corrected chi connectivity index (χ1v) is 6.39. The molecule has 0 saturated heterocycles. The van der Waals surface area contributed by atoms with Crippen molar-refractivity contribution >= 4 is 5.97 Å². The number of rotatable bonds is 5. The molecule has 18 heavy (non-hydrogen) atoms. The molecule has 0 aliphatic carbocycles. The molecular formula is C15H23NO2. The Morgan fingerprint density at radius 1 is 1.28 bits per heavy atom. The van der Waals surface area contributed by atoms with E-state index in [2.05, 4.69) is 39.8 Å². The summed E-state index contributed by atoms with van der Waals surface area (Å²) < 4.78 is 0. The molecule has 0 aliphatic heterocycles. The maximum Gasteiger partial charge on any atom is 0.317 e. The van der Waals surface area contributed by atoms with Crippen molar-refractivity contribution in [1.29, 1.82) is 0 Å². The highest BCUT2D eigenvalue weighted by molar-refractivity contribution is 5.69. The Kier molecular flexibility index (Phi) is 4.91. The number of benzene rings is 1. The summed E-state index contributed by atoms with van der Waals surface area (Å²) in [5.74, 6) is -0.778. The van der Waals surface area contributed by atoms with Crippen LogP contribution in [0.25, 0.3) is 0 Å². The van der Waals surface area contributed by atoms with Crippen LogP contribution in [0.3, 0.4) is 0 Å². The van der Waals surface area contributed by atoms with Gasteiger partial charge in [-0.15, -0.1) is 0 Å². The van der Waals surface area contributed by atoms with Crippen LogP contribution in [0.4, 0.5) is 0 Å². The number of carbonyl (C=O) groups is 1. The Hall–Kier alpha value is -1.35. The third-order valence-electron chi connectivity index (χ3n) is 3.11. The largest absolute Gasteiger partial charge is 0.480 e. The number of nitrogens with zero attached hydrogens (tertiary/aromatic N) is 1. The Morgan fingerprint density at radius 3 is 2.22 bits per heavy atom. The van der Waals surface area contributed by atoms with E-state index in [0.717, 1.165) is 6.42 Å². The maximum absolute atomic E-state index is 11.1. The van der Waals surface area contributed by atoms with E-state index in [-0.39, 0.29) is 18.1 Å². The monoisotopic (exact) mass is 249 g/mol. The minimum absolute atomic E-state index is 0.0664. The van der Waals surface area contributed by atoms with E-state index in [9.17, 15) is 4.79 Å². The van der Waals surface area contributed by atoms with Crippen LogP contribution in [-0.4, -0.2) is 28.1 Å². The van der Waals surface area contributed by atoms with E-state index in [0.29, 0.717) is 0 Å². The minimum Gasteiger partial charge on any atom is -0.480 e. The zero-order chi connectivity index (χ0) is 13.8. The topological polar surface area (TPSA) is 40.5 Å². The molecule has 1 N–H and O–H groups in total. The highest BCUT2D eigenvalue weighted by Gasteiger charge is 2.30. The predicted octanol–water partition coefficient (Wildman–Crippen LogP) is 3.32. The average Bonchev–Trinajstić information content (AvgIpc) is 2.28. The molecule has 0 heterocycles. The molecule has 1 aromatic carbocycles. The molecule has 0 amide bonds. The highest BCUT2D eigenvalue weighted by atomic mass is 16.4. The van der Waals surface area contributed by atoms with Crippen molar-refractivity contribution in [1.82, 2.24) is 4.90 Å². The second-order valence-corrected chi connectivity index (χ2v) is 5.53. The smallest absolute Gasteiger partial charge is 0.317 e. The van der Waals surface area contributed by atoms with Crippen molar-refractivity contribution in [2.24, 2.45) is 0 Å². The van der Waals surface area contributed by atoms with Crippen LogP contribution in [0, 0.1) is 0 Å². The van der Waals surface area contributed by atoms with E-state index in [1.165, 1.54) is 5.56 Å². The van der Waals surface area contributed by atoms with Crippen LogP contribution < -0.4 is 0 Å². The molecule has 100 valence electrons. The third-order valence-corrected chi connectivity index (χ3v) is 3.11. The fourth-order valence-corrected chi connectivity index (χ4v) is 2.27. The average molecular weight is 249 g/mol. The number of hydrogen-bond acceptors (Lipinski definition) is 2. The Labute approximate surface area is 109 Å². The summed E-state index contributed by atoms with van der Waals surface area (Å²) in [6.45, 7) is 8.33. The van der Waals surface area contributed by atoms with Gasteiger partial charge in [0.05, 0.1) is 6.54 Å². The molecule has 3 nitrogen and oxygen atoms in total. The zero-order valence-corrected chi connectivity index (χ0v) is 11.7. The molecule has 1 aromatic rings. The van der Waals surface area contributed by atoms with Gasteiger partial charge < -0.3 is 5.11 Å². The number of hydrogen-bond donors (Lipinski definition) is 1. The lowest BCUT2D eigenvalue weighted by molar-refractivity contribution is -0.140. The van der Waals surface area contributed by atoms with Crippen molar-refractivity contribution in [3.63, 3.8) is 0 Å². The van der Waals surface area contributed by atoms with Gasteiger partial charge in [0.25, 0.3) is 0 Å². The normalized spacial score (nSPS) is 13.6. The van der Waals surface area contributed by atoms with Gasteiger partial charge in [-0.25, -0.2) is 0 Å². The molecule has 0 bridgehead atoms. The van der Waals surface area contributed by atoms with Crippen LogP contribution in [0.5, 0.6) is 0 Å². The summed E-state index contributed by atoms with van der Waals surface area (Å²) >= 11 is 0. The fourth-order valence-electron chi connectivity index (χ4n) is 2.27. The molecule has 1 atom stereocenters. The number of carboxylic acid groups (broad SMARTS) is 1. The van der Waals surface area contributed by atoms with Crippen molar-refractivity contribution in [2.45, 2.75) is 45.7 Å². The van der Waals surface area contributed by atoms with Gasteiger partial charge in [-0.3, -0.25) is 9.69 Å². The maximum atomic E-state index is 11.1. The first-order valence-electron chi connectivity index (χ1n) is 6.39. The molecular weight excluding hydrogens is 226 g/mol. The van der Waals surface area contributed by atoms with Gasteiger partial charge in [0.1, 0.15) is 0 Å². The van der Waals surface area contributed by atoms with Gasteiger partial charge >= 0.3 is 5.97 Å². The second-order valence-electron chi connectivity index (χ2n) is 5.53. The van der Waals surface area contributed by atoms with Gasteiger partial charge in [-0.2, -0.15) is 0 Å². The summed E-state index contributed by atoms with van der Waals surface area (Å²) in [4.78, 5) is 13.1. The van der Waals surface area contributed by atoms with E-state index in [4.69, 9.17) is 5.11 Å². The zero-order valence-electron chi connectivity index (χ0n) is 11.7. The number of aliphatic carboxylic acids is 1. The summed E-state index contributed by atoms with van der Waals surface area (Å²) in [6, 6.07) is 10.2. The SMILES string of the molecule is CCC(c1ccccc1)N(CC(=O)O)C(C)(C)C. The summed E-state index contributed by atoms with van der Waals surface area (Å²) in [5, 5.41) is 9.10. The molecule has 0 radical (unpaired) electrons. The summed E-state index contributed by atoms with van der Waals surface area (Å²) in [7, 11) is 0. The van der Waals surface area contributed by atoms with Gasteiger partial charge in [-0.05, 0) is 32.8 Å². The fraction of sp³-hybridized carbons (Fsp3) is 0.533. The lowest BCUT2D eigenvalue weighted by atomic mass is 9.96. The molecule has 0 spiro atoms. The van der Waals surface area contributed by atoms with Crippen LogP contribution in [0.1, 0.15) is 45.7 Å². The first kappa shape index (κ1) is 14.7. The summed E-state index contributed by atoms with van der Waals surface area (Å²) in [6.07, 6.45) is 0.897. The van der Waals surface area contributed by atoms with E-state index in [1.54, 1.807) is 0 Å². The van der Waals surface area contributed by atoms with Crippen molar-refractivity contribution in [3.05, 3.63) is 35.9 Å². The van der Waals surface area contributed by atoms with Gasteiger partial charge in [0, 0.05) is 11.6 Å². The van der Waals surface area contributed by atoms with Crippen LogP contribution in [0.2, 0.25) is 0 Å². The van der Waals surface area contributed by atoms with Gasteiger partial charge in [-0.1, -0.05) is 37.3 Å². The predicted molar refractivity (Wildman–Crippen MR) is 73.6 cm³/mol. The molecule has 3 heteroatoms. The number of carboxylic acids is 1. The first-order chi connectivity index (χ1) is 8.36. The minimum atomic E-state index is -0.778. The molecule has 0 fully saturated rings. The lowest BCUT2D eigenvalue weighted by Gasteiger charge is -2.40. The molecule has 0 aromatic heterocycles. The van der Waals surface area contributed by atoms with E-state index in [1.807, 2.05) is 23.1 Å². The van der Waals surface area contributed by atoms with Crippen LogP contribution >= 0.6 is 0 Å². The van der Waals surface area contributed by atoms with Crippen LogP contribution in [-0.2, 0) is 4.79 Å². The second kappa shape index (κ2) is 6.01. The van der Waals surface area contributed by atoms with E-state index < -0.39 is 5.97 Å². The van der Waals surface area contributed by atoms with Gasteiger partial charge in [0.15, 0.2) is 0 Å².